The second-order valence-electron chi connectivity index (χ2n) is 3.12. The highest BCUT2D eigenvalue weighted by Crippen LogP contribution is 1.94. The Morgan fingerprint density at radius 3 is 3.00 bits per heavy atom. The molecule has 0 unspecified atom stereocenters. The van der Waals surface area contributed by atoms with Crippen molar-refractivity contribution in [3.05, 3.63) is 18.0 Å². The number of hydrogen-bond acceptors (Lipinski definition) is 3. The molecule has 6 heteroatoms. The molecule has 1 aromatic heterocycles. The normalized spacial score (nSPS) is 10.0. The number of hydrogen-bond donors (Lipinski definition) is 2. The van der Waals surface area contributed by atoms with Gasteiger partial charge in [0.15, 0.2) is 5.11 Å². The Morgan fingerprint density at radius 2 is 2.40 bits per heavy atom. The van der Waals surface area contributed by atoms with E-state index in [0.29, 0.717) is 18.3 Å². The smallest absolute Gasteiger partial charge is 0.166 e. The van der Waals surface area contributed by atoms with Crippen molar-refractivity contribution < 1.29 is 4.74 Å². The van der Waals surface area contributed by atoms with E-state index >= 15 is 0 Å². The number of nitrogens with zero attached hydrogens (tertiary/aromatic N) is 2. The SMILES string of the molecule is COCCNC(=S)NCc1cnn(C)c1. The third-order valence-corrected chi connectivity index (χ3v) is 2.09. The van der Waals surface area contributed by atoms with Gasteiger partial charge >= 0.3 is 0 Å². The van der Waals surface area contributed by atoms with Crippen LogP contribution in [0.3, 0.4) is 0 Å². The van der Waals surface area contributed by atoms with Crippen molar-refractivity contribution in [2.75, 3.05) is 20.3 Å². The van der Waals surface area contributed by atoms with Gasteiger partial charge in [0.25, 0.3) is 0 Å². The fourth-order valence-electron chi connectivity index (χ4n) is 1.07. The summed E-state index contributed by atoms with van der Waals surface area (Å²) in [6, 6.07) is 0. The van der Waals surface area contributed by atoms with Crippen molar-refractivity contribution in [3.63, 3.8) is 0 Å². The molecule has 0 aliphatic rings. The van der Waals surface area contributed by atoms with E-state index < -0.39 is 0 Å². The number of aryl methyl sites for hydroxylation is 1. The van der Waals surface area contributed by atoms with Gasteiger partial charge in [-0.1, -0.05) is 0 Å². The molecule has 15 heavy (non-hydrogen) atoms. The molecule has 0 aliphatic carbocycles. The fraction of sp³-hybridized carbons (Fsp3) is 0.556. The van der Waals surface area contributed by atoms with Gasteiger partial charge in [-0.05, 0) is 12.2 Å². The Hall–Kier alpha value is -1.14. The van der Waals surface area contributed by atoms with E-state index in [4.69, 9.17) is 17.0 Å². The number of aromatic nitrogens is 2. The van der Waals surface area contributed by atoms with Crippen LogP contribution in [0.5, 0.6) is 0 Å². The van der Waals surface area contributed by atoms with E-state index in [2.05, 4.69) is 15.7 Å². The van der Waals surface area contributed by atoms with Crippen LogP contribution in [0, 0.1) is 0 Å². The second-order valence-corrected chi connectivity index (χ2v) is 3.53. The predicted octanol–water partition coefficient (Wildman–Crippen LogP) is 0.0306. The Labute approximate surface area is 94.8 Å². The molecule has 0 spiro atoms. The van der Waals surface area contributed by atoms with Gasteiger partial charge in [-0.2, -0.15) is 5.10 Å². The summed E-state index contributed by atoms with van der Waals surface area (Å²) < 4.78 is 6.66. The Kier molecular flexibility index (Phi) is 5.06. The molecule has 1 heterocycles. The molecule has 0 fully saturated rings. The number of ether oxygens (including phenoxy) is 1. The van der Waals surface area contributed by atoms with Crippen molar-refractivity contribution in [3.8, 4) is 0 Å². The molecule has 2 N–H and O–H groups in total. The molecule has 0 aliphatic heterocycles. The maximum Gasteiger partial charge on any atom is 0.166 e. The van der Waals surface area contributed by atoms with E-state index in [1.165, 1.54) is 0 Å². The van der Waals surface area contributed by atoms with Gasteiger partial charge in [0, 0.05) is 39.0 Å². The summed E-state index contributed by atoms with van der Waals surface area (Å²) in [5.74, 6) is 0. The standard InChI is InChI=1S/C9H16N4OS/c1-13-7-8(6-12-13)5-11-9(15)10-3-4-14-2/h6-7H,3-5H2,1-2H3,(H2,10,11,15). The molecule has 1 rings (SSSR count). The number of methoxy groups -OCH3 is 1. The molecule has 0 radical (unpaired) electrons. The molecular weight excluding hydrogens is 212 g/mol. The number of rotatable bonds is 5. The molecule has 0 saturated heterocycles. The van der Waals surface area contributed by atoms with Crippen molar-refractivity contribution in [2.45, 2.75) is 6.54 Å². The first-order valence-corrected chi connectivity index (χ1v) is 5.11. The first-order chi connectivity index (χ1) is 7.22. The Balaban J connectivity index is 2.16. The summed E-state index contributed by atoms with van der Waals surface area (Å²) in [7, 11) is 3.55. The van der Waals surface area contributed by atoms with Crippen LogP contribution in [0.2, 0.25) is 0 Å². The van der Waals surface area contributed by atoms with Crippen molar-refractivity contribution in [2.24, 2.45) is 7.05 Å². The number of thiocarbonyl (C=S) groups is 1. The van der Waals surface area contributed by atoms with Crippen LogP contribution >= 0.6 is 12.2 Å². The zero-order valence-electron chi connectivity index (χ0n) is 8.99. The minimum absolute atomic E-state index is 0.635. The topological polar surface area (TPSA) is 51.1 Å². The van der Waals surface area contributed by atoms with Crippen LogP contribution in [-0.2, 0) is 18.3 Å². The van der Waals surface area contributed by atoms with Crippen LogP contribution in [0.1, 0.15) is 5.56 Å². The fourth-order valence-corrected chi connectivity index (χ4v) is 1.25. The average Bonchev–Trinajstić information content (AvgIpc) is 2.62. The van der Waals surface area contributed by atoms with Gasteiger partial charge in [-0.15, -0.1) is 0 Å². The quantitative estimate of drug-likeness (QED) is 0.550. The van der Waals surface area contributed by atoms with Gasteiger partial charge < -0.3 is 15.4 Å². The first-order valence-electron chi connectivity index (χ1n) is 4.70. The van der Waals surface area contributed by atoms with Crippen LogP contribution in [0.4, 0.5) is 0 Å². The molecule has 1 aromatic rings. The minimum Gasteiger partial charge on any atom is -0.383 e. The predicted molar refractivity (Wildman–Crippen MR) is 62.5 cm³/mol. The molecule has 5 nitrogen and oxygen atoms in total. The summed E-state index contributed by atoms with van der Waals surface area (Å²) in [6.07, 6.45) is 3.76. The van der Waals surface area contributed by atoms with E-state index in [-0.39, 0.29) is 0 Å². The molecular formula is C9H16N4OS. The van der Waals surface area contributed by atoms with Crippen LogP contribution < -0.4 is 10.6 Å². The maximum absolute atomic E-state index is 5.07. The highest BCUT2D eigenvalue weighted by Gasteiger charge is 1.97. The molecule has 0 aromatic carbocycles. The van der Waals surface area contributed by atoms with Crippen LogP contribution in [0.25, 0.3) is 0 Å². The molecule has 0 saturated carbocycles. The molecule has 0 bridgehead atoms. The summed E-state index contributed by atoms with van der Waals surface area (Å²) in [5.41, 5.74) is 1.10. The first kappa shape index (κ1) is 11.9. The van der Waals surface area contributed by atoms with E-state index in [9.17, 15) is 0 Å². The van der Waals surface area contributed by atoms with E-state index in [1.807, 2.05) is 19.4 Å². The van der Waals surface area contributed by atoms with E-state index in [0.717, 1.165) is 12.1 Å². The van der Waals surface area contributed by atoms with E-state index in [1.54, 1.807) is 11.8 Å². The maximum atomic E-state index is 5.07. The zero-order chi connectivity index (χ0) is 11.1. The molecule has 0 amide bonds. The lowest BCUT2D eigenvalue weighted by Gasteiger charge is -2.08. The molecule has 84 valence electrons. The lowest BCUT2D eigenvalue weighted by molar-refractivity contribution is 0.204. The second kappa shape index (κ2) is 6.36. The third kappa shape index (κ3) is 4.75. The van der Waals surface area contributed by atoms with Crippen LogP contribution in [0.15, 0.2) is 12.4 Å². The monoisotopic (exact) mass is 228 g/mol. The summed E-state index contributed by atoms with van der Waals surface area (Å²) in [5, 5.41) is 10.8. The van der Waals surface area contributed by atoms with Gasteiger partial charge in [0.1, 0.15) is 0 Å². The van der Waals surface area contributed by atoms with Crippen molar-refractivity contribution in [1.29, 1.82) is 0 Å². The minimum atomic E-state index is 0.635. The van der Waals surface area contributed by atoms with Gasteiger partial charge in [-0.3, -0.25) is 4.68 Å². The van der Waals surface area contributed by atoms with Crippen molar-refractivity contribution in [1.82, 2.24) is 20.4 Å². The molecule has 0 atom stereocenters. The summed E-state index contributed by atoms with van der Waals surface area (Å²) >= 11 is 5.07. The van der Waals surface area contributed by atoms with Gasteiger partial charge in [0.05, 0.1) is 12.8 Å². The lowest BCUT2D eigenvalue weighted by atomic mass is 10.4. The van der Waals surface area contributed by atoms with Gasteiger partial charge in [0.2, 0.25) is 0 Å². The number of nitrogens with one attached hydrogen (secondary N) is 2. The Morgan fingerprint density at radius 1 is 1.60 bits per heavy atom. The zero-order valence-corrected chi connectivity index (χ0v) is 9.80. The largest absolute Gasteiger partial charge is 0.383 e. The summed E-state index contributed by atoms with van der Waals surface area (Å²) in [4.78, 5) is 0. The highest BCUT2D eigenvalue weighted by molar-refractivity contribution is 7.80. The average molecular weight is 228 g/mol. The highest BCUT2D eigenvalue weighted by atomic mass is 32.1. The third-order valence-electron chi connectivity index (χ3n) is 1.80. The van der Waals surface area contributed by atoms with Gasteiger partial charge in [-0.25, -0.2) is 0 Å². The Bertz CT molecular complexity index is 313. The lowest BCUT2D eigenvalue weighted by Crippen LogP contribution is -2.36. The van der Waals surface area contributed by atoms with Crippen LogP contribution in [-0.4, -0.2) is 35.2 Å². The summed E-state index contributed by atoms with van der Waals surface area (Å²) in [6.45, 7) is 2.05. The van der Waals surface area contributed by atoms with Crippen molar-refractivity contribution >= 4 is 17.3 Å².